The fourth-order valence-electron chi connectivity index (χ4n) is 5.07. The van der Waals surface area contributed by atoms with Gasteiger partial charge in [-0.1, -0.05) is 12.5 Å². The molecular formula is C23H30N6O. The molecule has 5 rings (SSSR count). The monoisotopic (exact) mass is 406 g/mol. The van der Waals surface area contributed by atoms with Crippen LogP contribution >= 0.6 is 0 Å². The van der Waals surface area contributed by atoms with Gasteiger partial charge in [0.25, 0.3) is 5.56 Å². The van der Waals surface area contributed by atoms with E-state index in [1.165, 1.54) is 43.8 Å². The number of nitrogens with zero attached hydrogens (tertiary/aromatic N) is 6. The molecular weight excluding hydrogens is 376 g/mol. The molecule has 0 aliphatic carbocycles. The molecule has 1 fully saturated rings. The zero-order chi connectivity index (χ0) is 20.5. The van der Waals surface area contributed by atoms with Crippen LogP contribution in [0.4, 0.5) is 0 Å². The standard InChI is InChI=1S/C23H30N6O/c1-17-19(23(30)29-14-6-4-9-20(29)24-17)11-15-27-12-7-8-18(16-27)22-26-25-21-10-3-2-5-13-28(21)22/h4,6,9,14,18H,2-3,5,7-8,10-13,15-16H2,1H3/t18-/m0/s1. The number of piperidine rings is 1. The summed E-state index contributed by atoms with van der Waals surface area (Å²) in [6.45, 7) is 5.98. The van der Waals surface area contributed by atoms with Gasteiger partial charge in [-0.2, -0.15) is 0 Å². The first-order valence-corrected chi connectivity index (χ1v) is 11.3. The van der Waals surface area contributed by atoms with Crippen LogP contribution in [0.15, 0.2) is 29.2 Å². The highest BCUT2D eigenvalue weighted by Crippen LogP contribution is 2.28. The molecule has 0 aromatic carbocycles. The zero-order valence-corrected chi connectivity index (χ0v) is 17.8. The van der Waals surface area contributed by atoms with Crippen LogP contribution in [0, 0.1) is 6.92 Å². The minimum absolute atomic E-state index is 0.0643. The van der Waals surface area contributed by atoms with Gasteiger partial charge in [-0.25, -0.2) is 4.98 Å². The zero-order valence-electron chi connectivity index (χ0n) is 17.8. The third-order valence-corrected chi connectivity index (χ3v) is 6.72. The summed E-state index contributed by atoms with van der Waals surface area (Å²) in [6, 6.07) is 5.68. The van der Waals surface area contributed by atoms with Crippen molar-refractivity contribution < 1.29 is 0 Å². The van der Waals surface area contributed by atoms with Gasteiger partial charge in [0.15, 0.2) is 0 Å². The fraction of sp³-hybridized carbons (Fsp3) is 0.565. The Hall–Kier alpha value is -2.54. The highest BCUT2D eigenvalue weighted by Gasteiger charge is 2.27. The molecule has 30 heavy (non-hydrogen) atoms. The summed E-state index contributed by atoms with van der Waals surface area (Å²) in [4.78, 5) is 20.1. The molecule has 2 aliphatic rings. The molecule has 7 nitrogen and oxygen atoms in total. The Kier molecular flexibility index (Phi) is 5.37. The lowest BCUT2D eigenvalue weighted by atomic mass is 9.96. The Morgan fingerprint density at radius 3 is 2.97 bits per heavy atom. The molecule has 5 heterocycles. The summed E-state index contributed by atoms with van der Waals surface area (Å²) in [5.74, 6) is 2.79. The van der Waals surface area contributed by atoms with Crippen molar-refractivity contribution in [3.63, 3.8) is 0 Å². The van der Waals surface area contributed by atoms with Crippen molar-refractivity contribution in [2.45, 2.75) is 64.3 Å². The van der Waals surface area contributed by atoms with Crippen LogP contribution in [0.25, 0.3) is 5.65 Å². The topological polar surface area (TPSA) is 68.3 Å². The molecule has 0 saturated carbocycles. The van der Waals surface area contributed by atoms with Crippen LogP contribution < -0.4 is 5.56 Å². The minimum atomic E-state index is 0.0643. The Bertz CT molecular complexity index is 1100. The number of likely N-dealkylation sites (tertiary alicyclic amines) is 1. The molecule has 0 unspecified atom stereocenters. The van der Waals surface area contributed by atoms with Crippen molar-refractivity contribution >= 4 is 5.65 Å². The van der Waals surface area contributed by atoms with E-state index in [1.807, 2.05) is 31.3 Å². The maximum Gasteiger partial charge on any atom is 0.261 e. The largest absolute Gasteiger partial charge is 0.315 e. The molecule has 1 atom stereocenters. The number of rotatable bonds is 4. The number of hydrogen-bond acceptors (Lipinski definition) is 5. The van der Waals surface area contributed by atoms with E-state index in [2.05, 4.69) is 24.6 Å². The number of fused-ring (bicyclic) bond motifs is 2. The van der Waals surface area contributed by atoms with Crippen molar-refractivity contribution in [1.29, 1.82) is 0 Å². The number of pyridine rings is 1. The lowest BCUT2D eigenvalue weighted by molar-refractivity contribution is 0.203. The van der Waals surface area contributed by atoms with E-state index in [0.717, 1.165) is 50.3 Å². The lowest BCUT2D eigenvalue weighted by Crippen LogP contribution is -2.37. The number of aromatic nitrogens is 5. The van der Waals surface area contributed by atoms with Crippen LogP contribution in [-0.2, 0) is 19.4 Å². The molecule has 0 amide bonds. The first kappa shape index (κ1) is 19.4. The SMILES string of the molecule is Cc1nc2ccccn2c(=O)c1CCN1CCC[C@H](c2nnc3n2CCCCC3)C1. The van der Waals surface area contributed by atoms with E-state index in [9.17, 15) is 4.79 Å². The first-order valence-electron chi connectivity index (χ1n) is 11.3. The Morgan fingerprint density at radius 1 is 1.10 bits per heavy atom. The normalized spacial score (nSPS) is 20.2. The predicted molar refractivity (Wildman–Crippen MR) is 116 cm³/mol. The summed E-state index contributed by atoms with van der Waals surface area (Å²) in [5.41, 5.74) is 2.46. The molecule has 2 aliphatic heterocycles. The third-order valence-electron chi connectivity index (χ3n) is 6.72. The maximum absolute atomic E-state index is 12.9. The van der Waals surface area contributed by atoms with Crippen molar-refractivity contribution in [2.75, 3.05) is 19.6 Å². The maximum atomic E-state index is 12.9. The molecule has 1 saturated heterocycles. The van der Waals surface area contributed by atoms with Crippen molar-refractivity contribution in [2.24, 2.45) is 0 Å². The van der Waals surface area contributed by atoms with Gasteiger partial charge >= 0.3 is 0 Å². The summed E-state index contributed by atoms with van der Waals surface area (Å²) < 4.78 is 4.05. The Morgan fingerprint density at radius 2 is 2.03 bits per heavy atom. The molecule has 7 heteroatoms. The van der Waals surface area contributed by atoms with Gasteiger partial charge in [-0.3, -0.25) is 9.20 Å². The number of hydrogen-bond donors (Lipinski definition) is 0. The molecule has 0 bridgehead atoms. The van der Waals surface area contributed by atoms with E-state index in [0.29, 0.717) is 11.6 Å². The summed E-state index contributed by atoms with van der Waals surface area (Å²) >= 11 is 0. The van der Waals surface area contributed by atoms with Gasteiger partial charge in [-0.15, -0.1) is 10.2 Å². The van der Waals surface area contributed by atoms with Crippen LogP contribution in [-0.4, -0.2) is 48.7 Å². The van der Waals surface area contributed by atoms with E-state index in [4.69, 9.17) is 0 Å². The van der Waals surface area contributed by atoms with Crippen LogP contribution in [0.3, 0.4) is 0 Å². The summed E-state index contributed by atoms with van der Waals surface area (Å²) in [7, 11) is 0. The van der Waals surface area contributed by atoms with Crippen LogP contribution in [0.5, 0.6) is 0 Å². The van der Waals surface area contributed by atoms with Gasteiger partial charge < -0.3 is 9.47 Å². The van der Waals surface area contributed by atoms with Gasteiger partial charge in [0.1, 0.15) is 17.3 Å². The van der Waals surface area contributed by atoms with Crippen molar-refractivity contribution in [3.05, 3.63) is 57.7 Å². The van der Waals surface area contributed by atoms with Crippen molar-refractivity contribution in [3.8, 4) is 0 Å². The van der Waals surface area contributed by atoms with Gasteiger partial charge in [0.2, 0.25) is 0 Å². The Labute approximate surface area is 176 Å². The smallest absolute Gasteiger partial charge is 0.261 e. The first-order chi connectivity index (χ1) is 14.7. The number of aryl methyl sites for hydroxylation is 2. The highest BCUT2D eigenvalue weighted by atomic mass is 16.1. The quantitative estimate of drug-likeness (QED) is 0.666. The summed E-state index contributed by atoms with van der Waals surface area (Å²) in [5, 5.41) is 9.11. The highest BCUT2D eigenvalue weighted by molar-refractivity contribution is 5.40. The van der Waals surface area contributed by atoms with E-state index < -0.39 is 0 Å². The van der Waals surface area contributed by atoms with E-state index in [-0.39, 0.29) is 5.56 Å². The van der Waals surface area contributed by atoms with Gasteiger partial charge in [0, 0.05) is 49.4 Å². The average molecular weight is 407 g/mol. The molecule has 158 valence electrons. The van der Waals surface area contributed by atoms with Gasteiger partial charge in [-0.05, 0) is 57.7 Å². The predicted octanol–water partition coefficient (Wildman–Crippen LogP) is 2.74. The Balaban J connectivity index is 1.31. The molecule has 0 N–H and O–H groups in total. The van der Waals surface area contributed by atoms with E-state index in [1.54, 1.807) is 4.40 Å². The molecule has 0 radical (unpaired) electrons. The van der Waals surface area contributed by atoms with Crippen LogP contribution in [0.2, 0.25) is 0 Å². The molecule has 3 aromatic rings. The van der Waals surface area contributed by atoms with E-state index >= 15 is 0 Å². The lowest BCUT2D eigenvalue weighted by Gasteiger charge is -2.32. The van der Waals surface area contributed by atoms with Crippen molar-refractivity contribution in [1.82, 2.24) is 29.0 Å². The second-order valence-electron chi connectivity index (χ2n) is 8.74. The van der Waals surface area contributed by atoms with Crippen LogP contribution in [0.1, 0.15) is 60.9 Å². The minimum Gasteiger partial charge on any atom is -0.315 e. The molecule has 0 spiro atoms. The second-order valence-corrected chi connectivity index (χ2v) is 8.74. The second kappa shape index (κ2) is 8.30. The average Bonchev–Trinajstić information content (AvgIpc) is 3.02. The third kappa shape index (κ3) is 3.67. The summed E-state index contributed by atoms with van der Waals surface area (Å²) in [6.07, 6.45) is 9.68. The fourth-order valence-corrected chi connectivity index (χ4v) is 5.07. The molecule has 3 aromatic heterocycles. The van der Waals surface area contributed by atoms with Gasteiger partial charge in [0.05, 0.1) is 0 Å².